The topological polar surface area (TPSA) is 237 Å². The zero-order chi connectivity index (χ0) is 70.1. The first-order valence-electron chi connectivity index (χ1n) is 39.4. The molecule has 3 N–H and O–H groups in total. The van der Waals surface area contributed by atoms with Crippen LogP contribution in [0, 0.1) is 17.8 Å². The third kappa shape index (κ3) is 69.0. The maximum Gasteiger partial charge on any atom is 0.472 e. The van der Waals surface area contributed by atoms with Gasteiger partial charge in [-0.25, -0.2) is 9.13 Å². The lowest BCUT2D eigenvalue weighted by molar-refractivity contribution is -0.161. The van der Waals surface area contributed by atoms with E-state index in [1.54, 1.807) is 0 Å². The number of aliphatic hydroxyl groups is 1. The van der Waals surface area contributed by atoms with Crippen molar-refractivity contribution in [1.82, 2.24) is 0 Å². The average Bonchev–Trinajstić information content (AvgIpc) is 1.31. The van der Waals surface area contributed by atoms with Crippen LogP contribution in [0.25, 0.3) is 0 Å². The number of rotatable bonds is 74. The van der Waals surface area contributed by atoms with Gasteiger partial charge in [0.05, 0.1) is 26.4 Å². The Balaban J connectivity index is 5.23. The second-order valence-electron chi connectivity index (χ2n) is 28.6. The summed E-state index contributed by atoms with van der Waals surface area (Å²) in [7, 11) is -9.91. The minimum absolute atomic E-state index is 0.105. The predicted octanol–water partition coefficient (Wildman–Crippen LogP) is 22.2. The molecule has 0 fully saturated rings. The number of hydrogen-bond acceptors (Lipinski definition) is 15. The van der Waals surface area contributed by atoms with Gasteiger partial charge in [-0.3, -0.25) is 37.3 Å². The van der Waals surface area contributed by atoms with Gasteiger partial charge in [-0.1, -0.05) is 337 Å². The highest BCUT2D eigenvalue weighted by Gasteiger charge is 2.30. The van der Waals surface area contributed by atoms with Crippen molar-refractivity contribution in [2.75, 3.05) is 39.6 Å². The third-order valence-electron chi connectivity index (χ3n) is 18.0. The molecule has 95 heavy (non-hydrogen) atoms. The van der Waals surface area contributed by atoms with Crippen LogP contribution in [-0.4, -0.2) is 96.7 Å². The Morgan fingerprint density at radius 3 is 0.800 bits per heavy atom. The SMILES string of the molecule is CCCCCCCCCCCC(=O)OC[C@H](COP(=O)(O)OC[C@H](O)COP(=O)(O)OC[C@@H](COC(=O)CCCCCCCCCCCCCCCC(C)C)OC(=O)CCCCCCCCCCCCCCCCCC(C)C)OC(=O)CCCCCCCCCCC(C)CC. The van der Waals surface area contributed by atoms with Crippen LogP contribution in [0.1, 0.15) is 389 Å². The maximum atomic E-state index is 13.1. The normalized spacial score (nSPS) is 14.4. The van der Waals surface area contributed by atoms with E-state index in [1.807, 2.05) is 0 Å². The third-order valence-corrected chi connectivity index (χ3v) is 19.9. The molecule has 0 bridgehead atoms. The molecular formula is C76H148O17P2. The second kappa shape index (κ2) is 66.6. The summed E-state index contributed by atoms with van der Waals surface area (Å²) in [5, 5.41) is 10.6. The summed E-state index contributed by atoms with van der Waals surface area (Å²) < 4.78 is 68.5. The molecule has 17 nitrogen and oxygen atoms in total. The highest BCUT2D eigenvalue weighted by molar-refractivity contribution is 7.47. The average molecular weight is 1400 g/mol. The van der Waals surface area contributed by atoms with Crippen LogP contribution in [0.2, 0.25) is 0 Å². The van der Waals surface area contributed by atoms with Crippen molar-refractivity contribution in [1.29, 1.82) is 0 Å². The molecular weight excluding hydrogens is 1250 g/mol. The molecule has 0 radical (unpaired) electrons. The number of unbranched alkanes of at least 4 members (excludes halogenated alkanes) is 41. The number of carbonyl (C=O) groups is 4. The van der Waals surface area contributed by atoms with Crippen molar-refractivity contribution in [3.05, 3.63) is 0 Å². The van der Waals surface area contributed by atoms with Crippen molar-refractivity contribution in [3.8, 4) is 0 Å². The molecule has 0 aromatic heterocycles. The number of aliphatic hydroxyl groups excluding tert-OH is 1. The molecule has 0 saturated heterocycles. The fourth-order valence-electron chi connectivity index (χ4n) is 11.6. The lowest BCUT2D eigenvalue weighted by Crippen LogP contribution is -2.30. The first kappa shape index (κ1) is 93.1. The molecule has 0 rings (SSSR count). The van der Waals surface area contributed by atoms with Gasteiger partial charge in [0.2, 0.25) is 0 Å². The summed E-state index contributed by atoms with van der Waals surface area (Å²) in [6.07, 6.45) is 52.6. The number of ether oxygens (including phenoxy) is 4. The van der Waals surface area contributed by atoms with Crippen molar-refractivity contribution in [2.45, 2.75) is 407 Å². The predicted molar refractivity (Wildman–Crippen MR) is 386 cm³/mol. The van der Waals surface area contributed by atoms with Crippen molar-refractivity contribution >= 4 is 39.5 Å². The van der Waals surface area contributed by atoms with Gasteiger partial charge in [0.25, 0.3) is 0 Å². The molecule has 0 saturated carbocycles. The number of phosphoric acid groups is 2. The molecule has 3 unspecified atom stereocenters. The van der Waals surface area contributed by atoms with Gasteiger partial charge in [-0.05, 0) is 43.4 Å². The van der Waals surface area contributed by atoms with Crippen molar-refractivity contribution < 1.29 is 80.2 Å². The van der Waals surface area contributed by atoms with E-state index < -0.39 is 97.5 Å². The van der Waals surface area contributed by atoms with Crippen LogP contribution >= 0.6 is 15.6 Å². The quantitative estimate of drug-likeness (QED) is 0.0222. The summed E-state index contributed by atoms with van der Waals surface area (Å²) in [6.45, 7) is 11.9. The zero-order valence-electron chi connectivity index (χ0n) is 62.1. The van der Waals surface area contributed by atoms with Crippen LogP contribution in [0.3, 0.4) is 0 Å². The Hall–Kier alpha value is -1.94. The Morgan fingerprint density at radius 1 is 0.305 bits per heavy atom. The Labute approximate surface area is 581 Å². The van der Waals surface area contributed by atoms with E-state index in [0.29, 0.717) is 25.7 Å². The van der Waals surface area contributed by atoms with E-state index in [9.17, 15) is 43.2 Å². The first-order valence-corrected chi connectivity index (χ1v) is 42.4. The molecule has 0 aromatic rings. The summed E-state index contributed by atoms with van der Waals surface area (Å²) in [5.74, 6) is 0.244. The fourth-order valence-corrected chi connectivity index (χ4v) is 13.1. The van der Waals surface area contributed by atoms with E-state index >= 15 is 0 Å². The molecule has 19 heteroatoms. The van der Waals surface area contributed by atoms with Gasteiger partial charge >= 0.3 is 39.5 Å². The van der Waals surface area contributed by atoms with Crippen LogP contribution in [0.5, 0.6) is 0 Å². The van der Waals surface area contributed by atoms with Crippen LogP contribution in [0.15, 0.2) is 0 Å². The highest BCUT2D eigenvalue weighted by Crippen LogP contribution is 2.45. The number of phosphoric ester groups is 2. The lowest BCUT2D eigenvalue weighted by Gasteiger charge is -2.21. The fraction of sp³-hybridized carbons (Fsp3) is 0.947. The standard InChI is InChI=1S/C76H148O17P2/c1-8-10-11-12-13-26-36-43-50-57-73(78)86-63-72(93-76(81)60-53-46-39-32-31-35-42-49-56-69(7)9-2)66-91-95(84,85)89-62-70(77)61-88-94(82,83)90-65-71(64-87-74(79)58-51-44-37-29-24-21-17-19-23-28-34-41-48-55-68(5)6)92-75(80)59-52-45-38-30-25-20-16-14-15-18-22-27-33-40-47-54-67(3)4/h67-72,77H,8-66H2,1-7H3,(H,82,83)(H,84,85)/t69?,70-,71-,72-/m1/s1. The second-order valence-corrected chi connectivity index (χ2v) is 31.5. The zero-order valence-corrected chi connectivity index (χ0v) is 63.9. The molecule has 0 amide bonds. The lowest BCUT2D eigenvalue weighted by atomic mass is 9.99. The van der Waals surface area contributed by atoms with Gasteiger partial charge in [0, 0.05) is 25.7 Å². The van der Waals surface area contributed by atoms with E-state index in [1.165, 1.54) is 199 Å². The summed E-state index contributed by atoms with van der Waals surface area (Å²) in [5.41, 5.74) is 0. The molecule has 0 heterocycles. The van der Waals surface area contributed by atoms with E-state index in [-0.39, 0.29) is 25.7 Å². The van der Waals surface area contributed by atoms with Gasteiger partial charge in [-0.2, -0.15) is 0 Å². The van der Waals surface area contributed by atoms with E-state index in [4.69, 9.17) is 37.0 Å². The Bertz CT molecular complexity index is 1850. The van der Waals surface area contributed by atoms with Crippen molar-refractivity contribution in [3.63, 3.8) is 0 Å². The first-order chi connectivity index (χ1) is 45.8. The minimum atomic E-state index is -4.96. The Kier molecular flexibility index (Phi) is 65.2. The molecule has 0 aliphatic heterocycles. The molecule has 6 atom stereocenters. The van der Waals surface area contributed by atoms with E-state index in [2.05, 4.69) is 48.5 Å². The van der Waals surface area contributed by atoms with Gasteiger partial charge in [0.1, 0.15) is 19.3 Å². The largest absolute Gasteiger partial charge is 0.472 e. The molecule has 0 aromatic carbocycles. The summed E-state index contributed by atoms with van der Waals surface area (Å²) >= 11 is 0. The summed E-state index contributed by atoms with van der Waals surface area (Å²) in [4.78, 5) is 72.8. The van der Waals surface area contributed by atoms with Gasteiger partial charge in [0.15, 0.2) is 12.2 Å². The smallest absolute Gasteiger partial charge is 0.462 e. The van der Waals surface area contributed by atoms with Crippen LogP contribution < -0.4 is 0 Å². The maximum absolute atomic E-state index is 13.1. The summed E-state index contributed by atoms with van der Waals surface area (Å²) in [6, 6.07) is 0. The number of hydrogen-bond donors (Lipinski definition) is 3. The van der Waals surface area contributed by atoms with E-state index in [0.717, 1.165) is 108 Å². The molecule has 0 aliphatic rings. The number of carbonyl (C=O) groups excluding carboxylic acids is 4. The monoisotopic (exact) mass is 1400 g/mol. The van der Waals surface area contributed by atoms with Crippen LogP contribution in [-0.2, 0) is 65.4 Å². The highest BCUT2D eigenvalue weighted by atomic mass is 31.2. The molecule has 564 valence electrons. The van der Waals surface area contributed by atoms with Gasteiger partial charge < -0.3 is 33.8 Å². The minimum Gasteiger partial charge on any atom is -0.462 e. The molecule has 0 aliphatic carbocycles. The Morgan fingerprint density at radius 2 is 0.537 bits per heavy atom. The number of esters is 4. The van der Waals surface area contributed by atoms with Gasteiger partial charge in [-0.15, -0.1) is 0 Å². The van der Waals surface area contributed by atoms with Crippen LogP contribution in [0.4, 0.5) is 0 Å². The van der Waals surface area contributed by atoms with Crippen molar-refractivity contribution in [2.24, 2.45) is 17.8 Å². The molecule has 0 spiro atoms.